The SMILES string of the molecule is CC(NC(=O)c1cccs1)C(=O)Nc1ncc(Cc2cc(Cl)ccc2Cl)s1. The lowest BCUT2D eigenvalue weighted by Crippen LogP contribution is -2.41. The maximum atomic E-state index is 12.3. The van der Waals surface area contributed by atoms with E-state index in [0.717, 1.165) is 10.4 Å². The van der Waals surface area contributed by atoms with Gasteiger partial charge in [0.25, 0.3) is 5.91 Å². The first-order valence-electron chi connectivity index (χ1n) is 7.96. The van der Waals surface area contributed by atoms with Gasteiger partial charge in [-0.25, -0.2) is 4.98 Å². The lowest BCUT2D eigenvalue weighted by Gasteiger charge is -2.12. The number of thiazole rings is 1. The summed E-state index contributed by atoms with van der Waals surface area (Å²) in [7, 11) is 0. The fourth-order valence-corrected chi connectivity index (χ4v) is 4.11. The van der Waals surface area contributed by atoms with Crippen molar-refractivity contribution in [2.24, 2.45) is 0 Å². The van der Waals surface area contributed by atoms with Crippen molar-refractivity contribution in [1.29, 1.82) is 0 Å². The zero-order chi connectivity index (χ0) is 19.4. The van der Waals surface area contributed by atoms with Gasteiger partial charge in [0.1, 0.15) is 6.04 Å². The van der Waals surface area contributed by atoms with Gasteiger partial charge in [-0.3, -0.25) is 9.59 Å². The maximum Gasteiger partial charge on any atom is 0.261 e. The molecular formula is C18H15Cl2N3O2S2. The average molecular weight is 440 g/mol. The van der Waals surface area contributed by atoms with Crippen LogP contribution in [0, 0.1) is 0 Å². The summed E-state index contributed by atoms with van der Waals surface area (Å²) in [4.78, 5) is 30.0. The number of amides is 2. The van der Waals surface area contributed by atoms with Crippen LogP contribution in [0.5, 0.6) is 0 Å². The van der Waals surface area contributed by atoms with Crippen molar-refractivity contribution in [3.05, 3.63) is 67.3 Å². The second kappa shape index (κ2) is 8.84. The highest BCUT2D eigenvalue weighted by Crippen LogP contribution is 2.27. The monoisotopic (exact) mass is 439 g/mol. The lowest BCUT2D eigenvalue weighted by molar-refractivity contribution is -0.117. The Morgan fingerprint density at radius 3 is 2.81 bits per heavy atom. The number of nitrogens with zero attached hydrogens (tertiary/aromatic N) is 1. The van der Waals surface area contributed by atoms with Crippen LogP contribution < -0.4 is 10.6 Å². The number of rotatable bonds is 6. The highest BCUT2D eigenvalue weighted by Gasteiger charge is 2.18. The molecule has 2 heterocycles. The van der Waals surface area contributed by atoms with E-state index in [1.54, 1.807) is 37.4 Å². The van der Waals surface area contributed by atoms with Gasteiger partial charge in [0, 0.05) is 27.5 Å². The molecule has 0 bridgehead atoms. The molecule has 1 unspecified atom stereocenters. The summed E-state index contributed by atoms with van der Waals surface area (Å²) in [5.41, 5.74) is 0.891. The molecule has 0 spiro atoms. The molecule has 5 nitrogen and oxygen atoms in total. The lowest BCUT2D eigenvalue weighted by atomic mass is 10.1. The Hall–Kier alpha value is -1.93. The summed E-state index contributed by atoms with van der Waals surface area (Å²) in [6.07, 6.45) is 2.25. The number of aromatic nitrogens is 1. The highest BCUT2D eigenvalue weighted by atomic mass is 35.5. The number of carbonyl (C=O) groups excluding carboxylic acids is 2. The Labute approximate surface area is 174 Å². The van der Waals surface area contributed by atoms with Gasteiger partial charge < -0.3 is 10.6 Å². The van der Waals surface area contributed by atoms with E-state index in [4.69, 9.17) is 23.2 Å². The number of halogens is 2. The molecule has 2 amide bonds. The van der Waals surface area contributed by atoms with Gasteiger partial charge in [0.15, 0.2) is 5.13 Å². The number of anilines is 1. The zero-order valence-corrected chi connectivity index (χ0v) is 17.3. The Balaban J connectivity index is 1.59. The molecule has 0 saturated heterocycles. The van der Waals surface area contributed by atoms with Crippen molar-refractivity contribution in [3.8, 4) is 0 Å². The van der Waals surface area contributed by atoms with Crippen molar-refractivity contribution < 1.29 is 9.59 Å². The number of hydrogen-bond acceptors (Lipinski definition) is 5. The normalized spacial score (nSPS) is 11.8. The molecule has 3 aromatic rings. The molecule has 3 rings (SSSR count). The van der Waals surface area contributed by atoms with Crippen molar-refractivity contribution in [2.75, 3.05) is 5.32 Å². The van der Waals surface area contributed by atoms with E-state index in [-0.39, 0.29) is 11.8 Å². The van der Waals surface area contributed by atoms with Gasteiger partial charge >= 0.3 is 0 Å². The fraction of sp³-hybridized carbons (Fsp3) is 0.167. The number of carbonyl (C=O) groups is 2. The van der Waals surface area contributed by atoms with Crippen LogP contribution >= 0.6 is 45.9 Å². The minimum Gasteiger partial charge on any atom is -0.340 e. The molecule has 0 aliphatic heterocycles. The first-order valence-corrected chi connectivity index (χ1v) is 10.4. The molecule has 0 saturated carbocycles. The number of nitrogens with one attached hydrogen (secondary N) is 2. The molecule has 9 heteroatoms. The molecule has 2 aromatic heterocycles. The van der Waals surface area contributed by atoms with E-state index in [1.165, 1.54) is 22.7 Å². The smallest absolute Gasteiger partial charge is 0.261 e. The van der Waals surface area contributed by atoms with Crippen LogP contribution in [0.4, 0.5) is 5.13 Å². The summed E-state index contributed by atoms with van der Waals surface area (Å²) < 4.78 is 0. The molecule has 0 aliphatic rings. The minimum absolute atomic E-state index is 0.275. The Kier molecular flexibility index (Phi) is 6.49. The third-order valence-electron chi connectivity index (χ3n) is 3.64. The van der Waals surface area contributed by atoms with Crippen LogP contribution in [-0.4, -0.2) is 22.8 Å². The van der Waals surface area contributed by atoms with Gasteiger partial charge in [0.2, 0.25) is 5.91 Å². The largest absolute Gasteiger partial charge is 0.340 e. The first-order chi connectivity index (χ1) is 12.9. The Morgan fingerprint density at radius 2 is 2.07 bits per heavy atom. The minimum atomic E-state index is -0.686. The second-order valence-corrected chi connectivity index (χ2v) is 8.61. The predicted octanol–water partition coefficient (Wildman–Crippen LogP) is 4.86. The quantitative estimate of drug-likeness (QED) is 0.575. The molecule has 0 fully saturated rings. The Bertz CT molecular complexity index is 957. The summed E-state index contributed by atoms with van der Waals surface area (Å²) in [5, 5.41) is 8.90. The number of thiophene rings is 1. The second-order valence-electron chi connectivity index (χ2n) is 5.71. The van der Waals surface area contributed by atoms with Crippen molar-refractivity contribution in [3.63, 3.8) is 0 Å². The van der Waals surface area contributed by atoms with Crippen molar-refractivity contribution in [2.45, 2.75) is 19.4 Å². The van der Waals surface area contributed by atoms with Crippen LogP contribution in [0.1, 0.15) is 27.0 Å². The standard InChI is InChI=1S/C18H15Cl2N3O2S2/c1-10(22-17(25)15-3-2-6-26-15)16(24)23-18-21-9-13(27-18)8-11-7-12(19)4-5-14(11)20/h2-7,9-10H,8H2,1H3,(H,22,25)(H,21,23,24). The summed E-state index contributed by atoms with van der Waals surface area (Å²) in [6.45, 7) is 1.63. The predicted molar refractivity (Wildman–Crippen MR) is 111 cm³/mol. The third kappa shape index (κ3) is 5.29. The molecule has 2 N–H and O–H groups in total. The van der Waals surface area contributed by atoms with Gasteiger partial charge in [-0.15, -0.1) is 22.7 Å². The van der Waals surface area contributed by atoms with Crippen molar-refractivity contribution in [1.82, 2.24) is 10.3 Å². The summed E-state index contributed by atoms with van der Waals surface area (Å²) >= 11 is 14.9. The van der Waals surface area contributed by atoms with Crippen LogP contribution in [-0.2, 0) is 11.2 Å². The van der Waals surface area contributed by atoms with E-state index in [1.807, 2.05) is 11.4 Å². The van der Waals surface area contributed by atoms with E-state index in [2.05, 4.69) is 15.6 Å². The van der Waals surface area contributed by atoms with E-state index in [9.17, 15) is 9.59 Å². The topological polar surface area (TPSA) is 71.1 Å². The molecule has 27 heavy (non-hydrogen) atoms. The van der Waals surface area contributed by atoms with E-state index in [0.29, 0.717) is 26.5 Å². The molecule has 1 aromatic carbocycles. The summed E-state index contributed by atoms with van der Waals surface area (Å²) in [6, 6.07) is 8.10. The van der Waals surface area contributed by atoms with Gasteiger partial charge in [-0.2, -0.15) is 0 Å². The summed E-state index contributed by atoms with van der Waals surface area (Å²) in [5.74, 6) is -0.607. The van der Waals surface area contributed by atoms with Gasteiger partial charge in [-0.1, -0.05) is 29.3 Å². The Morgan fingerprint density at radius 1 is 1.26 bits per heavy atom. The first kappa shape index (κ1) is 19.8. The molecule has 0 radical (unpaired) electrons. The fourth-order valence-electron chi connectivity index (χ4n) is 2.27. The van der Waals surface area contributed by atoms with Gasteiger partial charge in [0.05, 0.1) is 4.88 Å². The maximum absolute atomic E-state index is 12.3. The van der Waals surface area contributed by atoms with E-state index >= 15 is 0 Å². The van der Waals surface area contributed by atoms with Crippen LogP contribution in [0.25, 0.3) is 0 Å². The highest BCUT2D eigenvalue weighted by molar-refractivity contribution is 7.15. The molecule has 140 valence electrons. The van der Waals surface area contributed by atoms with Crippen LogP contribution in [0.3, 0.4) is 0 Å². The third-order valence-corrected chi connectivity index (χ3v) is 6.03. The number of hydrogen-bond donors (Lipinski definition) is 2. The zero-order valence-electron chi connectivity index (χ0n) is 14.2. The van der Waals surface area contributed by atoms with Crippen LogP contribution in [0.2, 0.25) is 10.0 Å². The molecule has 0 aliphatic carbocycles. The number of benzene rings is 1. The van der Waals surface area contributed by atoms with E-state index < -0.39 is 6.04 Å². The van der Waals surface area contributed by atoms with Gasteiger partial charge in [-0.05, 0) is 42.1 Å². The van der Waals surface area contributed by atoms with Crippen molar-refractivity contribution >= 4 is 62.8 Å². The molecular weight excluding hydrogens is 425 g/mol. The van der Waals surface area contributed by atoms with Crippen LogP contribution in [0.15, 0.2) is 41.9 Å². The average Bonchev–Trinajstić information content (AvgIpc) is 3.30. The molecule has 1 atom stereocenters.